The number of hydrogen-bond donors (Lipinski definition) is 0. The van der Waals surface area contributed by atoms with Gasteiger partial charge >= 0.3 is 18.5 Å². The van der Waals surface area contributed by atoms with Crippen LogP contribution in [-0.4, -0.2) is 15.1 Å². The van der Waals surface area contributed by atoms with Gasteiger partial charge in [0.15, 0.2) is 0 Å². The van der Waals surface area contributed by atoms with Crippen molar-refractivity contribution >= 4 is 0 Å². The summed E-state index contributed by atoms with van der Waals surface area (Å²) in [6, 6.07) is 9.87. The number of pyridine rings is 2. The van der Waals surface area contributed by atoms with Crippen LogP contribution >= 0.6 is 0 Å². The molecule has 0 N–H and O–H groups in total. The van der Waals surface area contributed by atoms with Crippen LogP contribution in [0.25, 0.3) is 22.6 Å². The van der Waals surface area contributed by atoms with E-state index in [1.165, 1.54) is 30.5 Å². The normalized spacial score (nSPS) is 11.8. The minimum atomic E-state index is -4.93. The summed E-state index contributed by atoms with van der Waals surface area (Å²) in [7, 11) is 0. The number of alkyl halides is 9. The largest absolute Gasteiger partial charge is 0.573 e. The van der Waals surface area contributed by atoms with Crippen LogP contribution in [0.15, 0.2) is 60.9 Å². The van der Waals surface area contributed by atoms with Crippen molar-refractivity contribution in [2.24, 2.45) is 0 Å². The minimum Gasteiger partial charge on any atom is -0.573 e. The van der Waals surface area contributed by atoms with Crippen LogP contribution in [0, 0.1) is 11.9 Å². The van der Waals surface area contributed by atoms with E-state index in [-0.39, 0.29) is 43.3 Å². The van der Waals surface area contributed by atoms with Crippen LogP contribution in [0.2, 0.25) is 0 Å². The maximum atomic E-state index is 12.9. The maximum Gasteiger partial charge on any atom is 0.431 e. The van der Waals surface area contributed by atoms with Crippen LogP contribution in [0.4, 0.5) is 43.9 Å². The van der Waals surface area contributed by atoms with E-state index in [1.54, 1.807) is 0 Å². The van der Waals surface area contributed by atoms with Gasteiger partial charge in [-0.25, -0.2) is 4.39 Å². The van der Waals surface area contributed by atoms with E-state index in [9.17, 15) is 43.9 Å². The third-order valence-electron chi connectivity index (χ3n) is 4.31. The van der Waals surface area contributed by atoms with Crippen LogP contribution in [0.3, 0.4) is 0 Å². The molecular formula is C22H10F10IrN4-2. The third kappa shape index (κ3) is 7.83. The van der Waals surface area contributed by atoms with Gasteiger partial charge in [-0.3, -0.25) is 4.98 Å². The summed E-state index contributed by atoms with van der Waals surface area (Å²) >= 11 is 0. The zero-order valence-corrected chi connectivity index (χ0v) is 20.1. The molecule has 3 heterocycles. The Bertz CT molecular complexity index is 1300. The Labute approximate surface area is 215 Å². The summed E-state index contributed by atoms with van der Waals surface area (Å²) in [6.07, 6.45) is -12.2. The second kappa shape index (κ2) is 11.4. The molecule has 0 unspecified atom stereocenters. The van der Waals surface area contributed by atoms with Crippen LogP contribution < -0.4 is 5.10 Å². The molecule has 0 aliphatic rings. The minimum absolute atomic E-state index is 0. The van der Waals surface area contributed by atoms with E-state index in [0.29, 0.717) is 6.07 Å². The Morgan fingerprint density at radius 1 is 0.757 bits per heavy atom. The average molecular weight is 713 g/mol. The number of nitrogens with zero attached hydrogens (tertiary/aromatic N) is 4. The van der Waals surface area contributed by atoms with Gasteiger partial charge < -0.3 is 15.2 Å². The summed E-state index contributed by atoms with van der Waals surface area (Å²) in [6.45, 7) is 0. The first kappa shape index (κ1) is 29.9. The Hall–Kier alpha value is -3.32. The Balaban J connectivity index is 0.000000259. The fourth-order valence-corrected chi connectivity index (χ4v) is 2.69. The Morgan fingerprint density at radius 2 is 1.46 bits per heavy atom. The molecule has 1 radical (unpaired) electrons. The van der Waals surface area contributed by atoms with Crippen LogP contribution in [0.5, 0.6) is 0 Å². The van der Waals surface area contributed by atoms with Gasteiger partial charge in [0.25, 0.3) is 0 Å². The number of benzene rings is 1. The molecule has 0 atom stereocenters. The van der Waals surface area contributed by atoms with Gasteiger partial charge in [0, 0.05) is 32.0 Å². The van der Waals surface area contributed by atoms with E-state index in [4.69, 9.17) is 0 Å². The van der Waals surface area contributed by atoms with E-state index in [0.717, 1.165) is 18.3 Å². The fourth-order valence-electron chi connectivity index (χ4n) is 2.69. The van der Waals surface area contributed by atoms with Gasteiger partial charge in [0.1, 0.15) is 11.5 Å². The second-order valence-corrected chi connectivity index (χ2v) is 6.86. The van der Waals surface area contributed by atoms with Crippen molar-refractivity contribution in [2.45, 2.75) is 18.5 Å². The zero-order chi connectivity index (χ0) is 26.7. The predicted molar refractivity (Wildman–Crippen MR) is 104 cm³/mol. The number of halogens is 10. The smallest absolute Gasteiger partial charge is 0.431 e. The topological polar surface area (TPSA) is 52.8 Å². The summed E-state index contributed by atoms with van der Waals surface area (Å²) in [5, 5.41) is 6.31. The summed E-state index contributed by atoms with van der Waals surface area (Å²) < 4.78 is 125. The van der Waals surface area contributed by atoms with Crippen molar-refractivity contribution < 1.29 is 64.0 Å². The molecule has 0 saturated heterocycles. The monoisotopic (exact) mass is 713 g/mol. The van der Waals surface area contributed by atoms with Crippen molar-refractivity contribution in [1.29, 1.82) is 0 Å². The standard InChI is InChI=1S/C13H6F6N.C9H4F4N3.Ir/c14-12(15,16)8-4-5-9(10(7-8)13(17,18)19)11-3-1-2-6-20-11;10-5-1-2-6(14-4-5)7-3-8(16-15-7)9(11,12)13;/h1-4,6-7H;1-4H;/q2*-1;. The molecule has 199 valence electrons. The molecule has 0 bridgehead atoms. The van der Waals surface area contributed by atoms with E-state index >= 15 is 0 Å². The molecule has 1 aromatic carbocycles. The molecule has 0 aliphatic carbocycles. The van der Waals surface area contributed by atoms with Crippen molar-refractivity contribution in [2.75, 3.05) is 0 Å². The molecule has 4 rings (SSSR count). The molecule has 0 amide bonds. The number of aromatic nitrogens is 4. The van der Waals surface area contributed by atoms with Crippen molar-refractivity contribution in [1.82, 2.24) is 20.2 Å². The Kier molecular flexibility index (Phi) is 9.20. The van der Waals surface area contributed by atoms with E-state index < -0.39 is 46.7 Å². The van der Waals surface area contributed by atoms with Crippen LogP contribution in [0.1, 0.15) is 16.8 Å². The Morgan fingerprint density at radius 3 is 1.95 bits per heavy atom. The van der Waals surface area contributed by atoms with Crippen molar-refractivity contribution in [3.05, 3.63) is 89.6 Å². The molecular weight excluding hydrogens is 702 g/mol. The average Bonchev–Trinajstić information content (AvgIpc) is 3.30. The molecule has 37 heavy (non-hydrogen) atoms. The first-order valence-corrected chi connectivity index (χ1v) is 9.47. The molecule has 15 heteroatoms. The van der Waals surface area contributed by atoms with Crippen molar-refractivity contribution in [3.8, 4) is 22.6 Å². The molecule has 0 aliphatic heterocycles. The van der Waals surface area contributed by atoms with Gasteiger partial charge in [0.2, 0.25) is 0 Å². The molecule has 0 fully saturated rings. The molecule has 0 saturated carbocycles. The van der Waals surface area contributed by atoms with Gasteiger partial charge in [0.05, 0.1) is 6.20 Å². The molecule has 0 spiro atoms. The van der Waals surface area contributed by atoms with Gasteiger partial charge in [-0.1, -0.05) is 17.8 Å². The van der Waals surface area contributed by atoms with Crippen molar-refractivity contribution in [3.63, 3.8) is 0 Å². The summed E-state index contributed by atoms with van der Waals surface area (Å²) in [5.74, 6) is -0.570. The number of hydrogen-bond acceptors (Lipinski definition) is 3. The zero-order valence-electron chi connectivity index (χ0n) is 17.7. The maximum absolute atomic E-state index is 12.9. The van der Waals surface area contributed by atoms with E-state index in [2.05, 4.69) is 20.2 Å². The first-order chi connectivity index (χ1) is 16.7. The van der Waals surface area contributed by atoms with E-state index in [1.807, 2.05) is 6.07 Å². The quantitative estimate of drug-likeness (QED) is 0.169. The van der Waals surface area contributed by atoms with Gasteiger partial charge in [-0.15, -0.1) is 23.8 Å². The summed E-state index contributed by atoms with van der Waals surface area (Å²) in [4.78, 5) is 7.30. The van der Waals surface area contributed by atoms with Gasteiger partial charge in [-0.05, 0) is 41.1 Å². The molecule has 4 aromatic rings. The molecule has 3 aromatic heterocycles. The molecule has 4 nitrogen and oxygen atoms in total. The third-order valence-corrected chi connectivity index (χ3v) is 4.31. The predicted octanol–water partition coefficient (Wildman–Crippen LogP) is 6.84. The summed E-state index contributed by atoms with van der Waals surface area (Å²) in [5.41, 5.74) is -4.39. The number of rotatable bonds is 2. The second-order valence-electron chi connectivity index (χ2n) is 6.86. The first-order valence-electron chi connectivity index (χ1n) is 9.47. The van der Waals surface area contributed by atoms with Gasteiger partial charge in [-0.2, -0.15) is 39.5 Å². The fraction of sp³-hybridized carbons (Fsp3) is 0.136. The van der Waals surface area contributed by atoms with Crippen LogP contribution in [-0.2, 0) is 38.6 Å². The SMILES string of the molecule is FC(F)(F)c1c[c-]c(-c2ccccn2)c(C(F)(F)F)c1.Fc1ccc(-c2cc(C(F)(F)F)n[n-]2)nc1.[Ir].